The van der Waals surface area contributed by atoms with Crippen LogP contribution < -0.4 is 5.32 Å². The predicted octanol–water partition coefficient (Wildman–Crippen LogP) is 0.602. The minimum Gasteiger partial charge on any atom is -0.481 e. The molecule has 2 heterocycles. The molecule has 3 fully saturated rings. The summed E-state index contributed by atoms with van der Waals surface area (Å²) in [6.07, 6.45) is 4.19. The van der Waals surface area contributed by atoms with Crippen LogP contribution in [0.25, 0.3) is 0 Å². The van der Waals surface area contributed by atoms with Crippen LogP contribution in [0.1, 0.15) is 25.7 Å². The van der Waals surface area contributed by atoms with Gasteiger partial charge < -0.3 is 10.4 Å². The maximum atomic E-state index is 11.0. The van der Waals surface area contributed by atoms with Gasteiger partial charge in [0.1, 0.15) is 0 Å². The highest BCUT2D eigenvalue weighted by Gasteiger charge is 2.67. The zero-order valence-corrected chi connectivity index (χ0v) is 6.92. The molecule has 2 aliphatic heterocycles. The Balaban J connectivity index is 1.91. The molecule has 3 rings (SSSR count). The molecule has 3 aliphatic rings. The third-order valence-electron chi connectivity index (χ3n) is 3.93. The molecule has 0 radical (unpaired) electrons. The molecule has 3 nitrogen and oxygen atoms in total. The Kier molecular flexibility index (Phi) is 1.06. The highest BCUT2D eigenvalue weighted by molar-refractivity contribution is 5.79. The van der Waals surface area contributed by atoms with Gasteiger partial charge in [-0.1, -0.05) is 0 Å². The molecule has 2 saturated heterocycles. The van der Waals surface area contributed by atoms with Crippen molar-refractivity contribution in [3.8, 4) is 0 Å². The zero-order chi connectivity index (χ0) is 8.34. The molecule has 1 saturated carbocycles. The number of aliphatic carboxylic acids is 1. The maximum Gasteiger partial charge on any atom is 0.310 e. The normalized spacial score (nSPS) is 54.8. The summed E-state index contributed by atoms with van der Waals surface area (Å²) in [5.41, 5.74) is -0.295. The van der Waals surface area contributed by atoms with Gasteiger partial charge in [-0.05, 0) is 31.6 Å². The summed E-state index contributed by atoms with van der Waals surface area (Å²) in [4.78, 5) is 11.0. The number of carbonyl (C=O) groups is 1. The second-order valence-electron chi connectivity index (χ2n) is 4.52. The van der Waals surface area contributed by atoms with Crippen molar-refractivity contribution >= 4 is 5.97 Å². The average Bonchev–Trinajstić information content (AvgIpc) is 2.63. The molecule has 0 aromatic rings. The lowest BCUT2D eigenvalue weighted by Crippen LogP contribution is -2.41. The Morgan fingerprint density at radius 3 is 3.00 bits per heavy atom. The Labute approximate surface area is 71.1 Å². The smallest absolute Gasteiger partial charge is 0.310 e. The van der Waals surface area contributed by atoms with Crippen LogP contribution in [0.15, 0.2) is 0 Å². The van der Waals surface area contributed by atoms with E-state index < -0.39 is 5.97 Å². The van der Waals surface area contributed by atoms with E-state index in [2.05, 4.69) is 5.32 Å². The first-order valence-electron chi connectivity index (χ1n) is 4.72. The predicted molar refractivity (Wildman–Crippen MR) is 42.7 cm³/mol. The Morgan fingerprint density at radius 1 is 1.42 bits per heavy atom. The van der Waals surface area contributed by atoms with Gasteiger partial charge in [-0.3, -0.25) is 4.79 Å². The standard InChI is InChI=1S/C9H13NO2/c11-8(12)9-3-5-1-2-7(10-5)6(9)4-9/h5-7,10H,1-4H2,(H,11,12)/t5-,6+,7+,9-/m1/s1. The fourth-order valence-corrected chi connectivity index (χ4v) is 3.20. The number of piperidine rings is 1. The molecule has 3 heteroatoms. The monoisotopic (exact) mass is 167 g/mol. The molecule has 4 atom stereocenters. The summed E-state index contributed by atoms with van der Waals surface area (Å²) in [6.45, 7) is 0. The number of hydrogen-bond donors (Lipinski definition) is 2. The number of carboxylic acid groups (broad SMARTS) is 1. The molecule has 0 amide bonds. The van der Waals surface area contributed by atoms with Gasteiger partial charge in [-0.15, -0.1) is 0 Å². The van der Waals surface area contributed by atoms with E-state index >= 15 is 0 Å². The lowest BCUT2D eigenvalue weighted by molar-refractivity contribution is -0.145. The van der Waals surface area contributed by atoms with Gasteiger partial charge in [0.05, 0.1) is 5.41 Å². The first-order valence-corrected chi connectivity index (χ1v) is 4.72. The minimum atomic E-state index is -0.550. The molecule has 0 spiro atoms. The van der Waals surface area contributed by atoms with Crippen molar-refractivity contribution in [2.45, 2.75) is 37.8 Å². The summed E-state index contributed by atoms with van der Waals surface area (Å²) in [7, 11) is 0. The van der Waals surface area contributed by atoms with E-state index in [1.54, 1.807) is 0 Å². The van der Waals surface area contributed by atoms with Crippen LogP contribution in [0.2, 0.25) is 0 Å². The molecule has 0 aromatic heterocycles. The van der Waals surface area contributed by atoms with E-state index in [0.717, 1.165) is 12.8 Å². The third kappa shape index (κ3) is 0.637. The van der Waals surface area contributed by atoms with Crippen LogP contribution in [-0.4, -0.2) is 23.2 Å². The highest BCUT2D eigenvalue weighted by atomic mass is 16.4. The number of rotatable bonds is 1. The summed E-state index contributed by atoms with van der Waals surface area (Å²) < 4.78 is 0. The largest absolute Gasteiger partial charge is 0.481 e. The van der Waals surface area contributed by atoms with Crippen LogP contribution in [0.4, 0.5) is 0 Å². The Hall–Kier alpha value is -0.570. The molecule has 0 unspecified atom stereocenters. The van der Waals surface area contributed by atoms with Crippen molar-refractivity contribution in [2.24, 2.45) is 11.3 Å². The van der Waals surface area contributed by atoms with Crippen molar-refractivity contribution in [1.29, 1.82) is 0 Å². The quantitative estimate of drug-likeness (QED) is 0.601. The molecule has 0 aromatic carbocycles. The van der Waals surface area contributed by atoms with Crippen molar-refractivity contribution in [3.05, 3.63) is 0 Å². The van der Waals surface area contributed by atoms with Gasteiger partial charge in [0, 0.05) is 12.1 Å². The van der Waals surface area contributed by atoms with Gasteiger partial charge in [-0.2, -0.15) is 0 Å². The van der Waals surface area contributed by atoms with E-state index in [-0.39, 0.29) is 5.41 Å². The second-order valence-corrected chi connectivity index (χ2v) is 4.52. The maximum absolute atomic E-state index is 11.0. The van der Waals surface area contributed by atoms with E-state index in [1.165, 1.54) is 12.8 Å². The van der Waals surface area contributed by atoms with Gasteiger partial charge in [0.25, 0.3) is 0 Å². The summed E-state index contributed by atoms with van der Waals surface area (Å²) >= 11 is 0. The van der Waals surface area contributed by atoms with Crippen molar-refractivity contribution in [3.63, 3.8) is 0 Å². The van der Waals surface area contributed by atoms with Crippen molar-refractivity contribution in [2.75, 3.05) is 0 Å². The Bertz CT molecular complexity index is 253. The van der Waals surface area contributed by atoms with Crippen molar-refractivity contribution in [1.82, 2.24) is 5.32 Å². The average molecular weight is 167 g/mol. The minimum absolute atomic E-state index is 0.295. The van der Waals surface area contributed by atoms with E-state index in [1.807, 2.05) is 0 Å². The number of fused-ring (bicyclic) bond motifs is 4. The van der Waals surface area contributed by atoms with Crippen molar-refractivity contribution < 1.29 is 9.90 Å². The molecular formula is C9H13NO2. The first-order chi connectivity index (χ1) is 5.72. The molecule has 2 N–H and O–H groups in total. The number of nitrogens with one attached hydrogen (secondary N) is 1. The van der Waals surface area contributed by atoms with Crippen LogP contribution in [0.5, 0.6) is 0 Å². The number of carboxylic acids is 1. The Morgan fingerprint density at radius 2 is 2.25 bits per heavy atom. The van der Waals surface area contributed by atoms with Crippen LogP contribution in [0.3, 0.4) is 0 Å². The number of hydrogen-bond acceptors (Lipinski definition) is 2. The summed E-state index contributed by atoms with van der Waals surface area (Å²) in [5.74, 6) is -0.0975. The second kappa shape index (κ2) is 1.84. The SMILES string of the molecule is O=C(O)[C@@]12C[C@H]3CC[C@H](N3)[C@@H]1C2. The lowest BCUT2D eigenvalue weighted by atomic mass is 9.91. The highest BCUT2D eigenvalue weighted by Crippen LogP contribution is 2.62. The molecule has 12 heavy (non-hydrogen) atoms. The summed E-state index contributed by atoms with van der Waals surface area (Å²) in [6, 6.07) is 1.03. The van der Waals surface area contributed by atoms with Gasteiger partial charge >= 0.3 is 5.97 Å². The van der Waals surface area contributed by atoms with Gasteiger partial charge in [0.2, 0.25) is 0 Å². The lowest BCUT2D eigenvalue weighted by Gasteiger charge is -2.25. The molecule has 66 valence electrons. The van der Waals surface area contributed by atoms with E-state index in [4.69, 9.17) is 5.11 Å². The molecule has 2 bridgehead atoms. The third-order valence-corrected chi connectivity index (χ3v) is 3.93. The summed E-state index contributed by atoms with van der Waals surface area (Å²) in [5, 5.41) is 12.6. The van der Waals surface area contributed by atoms with Crippen LogP contribution >= 0.6 is 0 Å². The van der Waals surface area contributed by atoms with Gasteiger partial charge in [0.15, 0.2) is 0 Å². The van der Waals surface area contributed by atoms with Gasteiger partial charge in [-0.25, -0.2) is 0 Å². The van der Waals surface area contributed by atoms with E-state index in [9.17, 15) is 4.79 Å². The fourth-order valence-electron chi connectivity index (χ4n) is 3.20. The van der Waals surface area contributed by atoms with E-state index in [0.29, 0.717) is 18.0 Å². The van der Waals surface area contributed by atoms with Crippen LogP contribution in [0, 0.1) is 11.3 Å². The molecule has 1 aliphatic carbocycles. The topological polar surface area (TPSA) is 49.3 Å². The molecular weight excluding hydrogens is 154 g/mol. The first kappa shape index (κ1) is 6.89. The zero-order valence-electron chi connectivity index (χ0n) is 6.92. The van der Waals surface area contributed by atoms with Crippen LogP contribution in [-0.2, 0) is 4.79 Å². The fraction of sp³-hybridized carbons (Fsp3) is 0.889.